The first-order chi connectivity index (χ1) is 11.5. The number of thiol groups is 1. The molecule has 0 fully saturated rings. The highest BCUT2D eigenvalue weighted by Crippen LogP contribution is 1.97. The normalized spacial score (nSPS) is 16.7. The number of nitrogens with one attached hydrogen (secondary N) is 3. The minimum atomic E-state index is -1.61. The minimum Gasteiger partial charge on any atom is -0.480 e. The lowest BCUT2D eigenvalue weighted by atomic mass is 10.1. The lowest BCUT2D eigenvalue weighted by Gasteiger charge is -2.23. The highest BCUT2D eigenvalue weighted by atomic mass is 32.1. The van der Waals surface area contributed by atoms with Gasteiger partial charge in [-0.1, -0.05) is 0 Å². The van der Waals surface area contributed by atoms with Gasteiger partial charge in [0.15, 0.2) is 6.04 Å². The molecule has 0 bridgehead atoms. The van der Waals surface area contributed by atoms with Crippen LogP contribution in [-0.2, 0) is 19.2 Å². The van der Waals surface area contributed by atoms with Crippen LogP contribution in [0, 0.1) is 0 Å². The van der Waals surface area contributed by atoms with E-state index in [0.717, 1.165) is 6.92 Å². The molecule has 0 aliphatic carbocycles. The van der Waals surface area contributed by atoms with Crippen LogP contribution in [0.15, 0.2) is 0 Å². The Morgan fingerprint density at radius 1 is 1.00 bits per heavy atom. The highest BCUT2D eigenvalue weighted by molar-refractivity contribution is 7.80. The molecule has 0 rings (SSSR count). The quantitative estimate of drug-likeness (QED) is 0.177. The number of hydrogen-bond donors (Lipinski definition) is 8. The molecule has 0 radical (unpaired) electrons. The molecular formula is C13H24N4O7S. The number of carbonyl (C=O) groups excluding carboxylic acids is 3. The number of aliphatic hydroxyl groups excluding tert-OH is 2. The van der Waals surface area contributed by atoms with Crippen LogP contribution in [0.1, 0.15) is 13.8 Å². The molecule has 0 saturated heterocycles. The third-order valence-electron chi connectivity index (χ3n) is 3.09. The van der Waals surface area contributed by atoms with Crippen molar-refractivity contribution < 1.29 is 34.5 Å². The van der Waals surface area contributed by atoms with Crippen LogP contribution in [0.25, 0.3) is 0 Å². The number of hydrogen-bond acceptors (Lipinski definition) is 8. The summed E-state index contributed by atoms with van der Waals surface area (Å²) in [5.74, 6) is -4.03. The van der Waals surface area contributed by atoms with E-state index in [-0.39, 0.29) is 5.75 Å². The van der Waals surface area contributed by atoms with Crippen LogP contribution in [0.4, 0.5) is 0 Å². The van der Waals surface area contributed by atoms with E-state index in [0.29, 0.717) is 0 Å². The second-order valence-electron chi connectivity index (χ2n) is 5.34. The Bertz CT molecular complexity index is 501. The molecule has 0 spiro atoms. The molecule has 0 aromatic heterocycles. The first kappa shape index (κ1) is 23.1. The van der Waals surface area contributed by atoms with Gasteiger partial charge in [-0.2, -0.15) is 12.6 Å². The second-order valence-corrected chi connectivity index (χ2v) is 5.71. The molecule has 5 atom stereocenters. The summed E-state index contributed by atoms with van der Waals surface area (Å²) in [6, 6.07) is -5.08. The Hall–Kier alpha value is -1.89. The molecule has 0 aromatic carbocycles. The third kappa shape index (κ3) is 7.69. The van der Waals surface area contributed by atoms with Crippen molar-refractivity contribution in [2.24, 2.45) is 5.73 Å². The predicted octanol–water partition coefficient (Wildman–Crippen LogP) is -3.82. The Balaban J connectivity index is 4.93. The molecule has 0 aliphatic rings. The summed E-state index contributed by atoms with van der Waals surface area (Å²) < 4.78 is 0. The Morgan fingerprint density at radius 2 is 1.48 bits per heavy atom. The van der Waals surface area contributed by atoms with Crippen molar-refractivity contribution in [1.82, 2.24) is 16.0 Å². The van der Waals surface area contributed by atoms with Crippen molar-refractivity contribution in [1.29, 1.82) is 0 Å². The third-order valence-corrected chi connectivity index (χ3v) is 3.46. The first-order valence-corrected chi connectivity index (χ1v) is 7.97. The van der Waals surface area contributed by atoms with Gasteiger partial charge in [-0.05, 0) is 13.8 Å². The van der Waals surface area contributed by atoms with Gasteiger partial charge in [-0.25, -0.2) is 4.79 Å². The van der Waals surface area contributed by atoms with Gasteiger partial charge in [0.1, 0.15) is 12.1 Å². The van der Waals surface area contributed by atoms with Gasteiger partial charge in [0.05, 0.1) is 18.8 Å². The van der Waals surface area contributed by atoms with Crippen molar-refractivity contribution in [2.75, 3.05) is 12.4 Å². The average Bonchev–Trinajstić information content (AvgIpc) is 2.53. The van der Waals surface area contributed by atoms with Gasteiger partial charge >= 0.3 is 5.97 Å². The monoisotopic (exact) mass is 380 g/mol. The largest absolute Gasteiger partial charge is 0.480 e. The molecule has 0 saturated carbocycles. The summed E-state index contributed by atoms with van der Waals surface area (Å²) in [6.45, 7) is 1.74. The SMILES string of the molecule is CC(N)C(=O)NC(CS)C(=O)NC(CO)C(=O)NC(C(=O)O)C(C)O. The Kier molecular flexibility index (Phi) is 10.0. The zero-order valence-electron chi connectivity index (χ0n) is 13.8. The summed E-state index contributed by atoms with van der Waals surface area (Å²) in [6.07, 6.45) is -1.40. The van der Waals surface area contributed by atoms with Gasteiger partial charge < -0.3 is 37.0 Å². The van der Waals surface area contributed by atoms with Gasteiger partial charge in [0.25, 0.3) is 0 Å². The Morgan fingerprint density at radius 3 is 1.84 bits per heavy atom. The molecule has 0 aliphatic heterocycles. The van der Waals surface area contributed by atoms with E-state index < -0.39 is 60.6 Å². The summed E-state index contributed by atoms with van der Waals surface area (Å²) >= 11 is 3.92. The maximum Gasteiger partial charge on any atom is 0.328 e. The summed E-state index contributed by atoms with van der Waals surface area (Å²) in [7, 11) is 0. The van der Waals surface area contributed by atoms with E-state index in [4.69, 9.17) is 10.8 Å². The van der Waals surface area contributed by atoms with E-state index in [1.807, 2.05) is 5.32 Å². The molecule has 12 heteroatoms. The van der Waals surface area contributed by atoms with Crippen molar-refractivity contribution in [3.8, 4) is 0 Å². The second kappa shape index (κ2) is 10.9. The fourth-order valence-corrected chi connectivity index (χ4v) is 1.86. The molecule has 0 heterocycles. The molecule has 8 N–H and O–H groups in total. The molecule has 11 nitrogen and oxygen atoms in total. The van der Waals surface area contributed by atoms with Gasteiger partial charge in [0.2, 0.25) is 17.7 Å². The van der Waals surface area contributed by atoms with Crippen LogP contribution in [0.3, 0.4) is 0 Å². The number of carboxylic acids is 1. The van der Waals surface area contributed by atoms with Gasteiger partial charge in [-0.15, -0.1) is 0 Å². The van der Waals surface area contributed by atoms with Crippen molar-refractivity contribution >= 4 is 36.3 Å². The summed E-state index contributed by atoms with van der Waals surface area (Å²) in [4.78, 5) is 46.6. The molecule has 0 aromatic rings. The van der Waals surface area contributed by atoms with Crippen LogP contribution in [-0.4, -0.2) is 81.6 Å². The number of amides is 3. The molecule has 25 heavy (non-hydrogen) atoms. The van der Waals surface area contributed by atoms with Crippen molar-refractivity contribution in [2.45, 2.75) is 44.1 Å². The smallest absolute Gasteiger partial charge is 0.328 e. The molecule has 3 amide bonds. The topological polar surface area (TPSA) is 191 Å². The lowest BCUT2D eigenvalue weighted by Crippen LogP contribution is -2.59. The number of aliphatic hydroxyl groups is 2. The van der Waals surface area contributed by atoms with Crippen molar-refractivity contribution in [3.63, 3.8) is 0 Å². The highest BCUT2D eigenvalue weighted by Gasteiger charge is 2.30. The zero-order chi connectivity index (χ0) is 19.7. The molecule has 5 unspecified atom stereocenters. The number of carboxylic acid groups (broad SMARTS) is 1. The minimum absolute atomic E-state index is 0.102. The maximum absolute atomic E-state index is 12.1. The number of rotatable bonds is 10. The standard InChI is InChI=1S/C13H24N4O7S/c1-5(14)10(20)16-8(4-25)12(22)15-7(3-18)11(21)17-9(6(2)19)13(23)24/h5-9,18-19,25H,3-4,14H2,1-2H3,(H,15,22)(H,16,20)(H,17,21)(H,23,24). The number of aliphatic carboxylic acids is 1. The fraction of sp³-hybridized carbons (Fsp3) is 0.692. The number of nitrogens with two attached hydrogens (primary N) is 1. The van der Waals surface area contributed by atoms with E-state index >= 15 is 0 Å². The van der Waals surface area contributed by atoms with E-state index in [1.165, 1.54) is 6.92 Å². The van der Waals surface area contributed by atoms with Crippen molar-refractivity contribution in [3.05, 3.63) is 0 Å². The summed E-state index contributed by atoms with van der Waals surface area (Å²) in [5.41, 5.74) is 5.37. The van der Waals surface area contributed by atoms with E-state index in [9.17, 15) is 29.4 Å². The fourth-order valence-electron chi connectivity index (χ4n) is 1.61. The average molecular weight is 380 g/mol. The van der Waals surface area contributed by atoms with E-state index in [2.05, 4.69) is 23.3 Å². The van der Waals surface area contributed by atoms with Crippen LogP contribution >= 0.6 is 12.6 Å². The van der Waals surface area contributed by atoms with Gasteiger partial charge in [0, 0.05) is 5.75 Å². The zero-order valence-corrected chi connectivity index (χ0v) is 14.7. The van der Waals surface area contributed by atoms with E-state index in [1.54, 1.807) is 0 Å². The Labute approximate surface area is 149 Å². The predicted molar refractivity (Wildman–Crippen MR) is 89.7 cm³/mol. The summed E-state index contributed by atoms with van der Waals surface area (Å²) in [5, 5.41) is 34.0. The molecule has 144 valence electrons. The van der Waals surface area contributed by atoms with Crippen LogP contribution in [0.5, 0.6) is 0 Å². The van der Waals surface area contributed by atoms with Crippen LogP contribution in [0.2, 0.25) is 0 Å². The van der Waals surface area contributed by atoms with Gasteiger partial charge in [-0.3, -0.25) is 14.4 Å². The van der Waals surface area contributed by atoms with Crippen LogP contribution < -0.4 is 21.7 Å². The first-order valence-electron chi connectivity index (χ1n) is 7.34. The number of carbonyl (C=O) groups is 4. The molecular weight excluding hydrogens is 356 g/mol. The maximum atomic E-state index is 12.1. The lowest BCUT2D eigenvalue weighted by molar-refractivity contribution is -0.145.